The zero-order chi connectivity index (χ0) is 19.8. The Hall–Kier alpha value is -3.02. The van der Waals surface area contributed by atoms with E-state index in [1.807, 2.05) is 11.9 Å². The molecule has 3 heterocycles. The van der Waals surface area contributed by atoms with Crippen molar-refractivity contribution in [3.05, 3.63) is 64.2 Å². The molecule has 146 valence electrons. The second-order valence-corrected chi connectivity index (χ2v) is 7.70. The average Bonchev–Trinajstić information content (AvgIpc) is 3.20. The van der Waals surface area contributed by atoms with E-state index in [1.54, 1.807) is 25.5 Å². The summed E-state index contributed by atoms with van der Waals surface area (Å²) in [6, 6.07) is 10.6. The van der Waals surface area contributed by atoms with Gasteiger partial charge >= 0.3 is 0 Å². The van der Waals surface area contributed by atoms with Crippen LogP contribution in [-0.2, 0) is 7.05 Å². The fraction of sp³-hybridized carbons (Fsp3) is 0.364. The van der Waals surface area contributed by atoms with E-state index in [9.17, 15) is 9.59 Å². The van der Waals surface area contributed by atoms with Gasteiger partial charge < -0.3 is 19.4 Å². The van der Waals surface area contributed by atoms with Gasteiger partial charge in [-0.15, -0.1) is 0 Å². The van der Waals surface area contributed by atoms with Crippen LogP contribution in [0.25, 0.3) is 10.9 Å². The molecular weight excluding hydrogens is 352 g/mol. The number of pyridine rings is 1. The van der Waals surface area contributed by atoms with E-state index < -0.39 is 0 Å². The molecule has 6 heteroatoms. The van der Waals surface area contributed by atoms with Gasteiger partial charge in [0.2, 0.25) is 0 Å². The van der Waals surface area contributed by atoms with E-state index in [2.05, 4.69) is 41.1 Å². The highest BCUT2D eigenvalue weighted by atomic mass is 16.2. The van der Waals surface area contributed by atoms with Gasteiger partial charge in [0.05, 0.1) is 5.56 Å². The average molecular weight is 378 g/mol. The minimum absolute atomic E-state index is 0.0333. The molecule has 1 N–H and O–H groups in total. The summed E-state index contributed by atoms with van der Waals surface area (Å²) in [5.74, 6) is -0.0333. The Kier molecular flexibility index (Phi) is 4.71. The van der Waals surface area contributed by atoms with Crippen LogP contribution in [0.1, 0.15) is 28.8 Å². The standard InChI is InChI=1S/C22H26N4O2/c1-15-4-6-17(7-5-15)26-12-9-16(10-13-26)25(3)21(27)19-14-24(2)22(28)20-18(19)8-11-23-20/h4-8,11,14,16,23H,9-10,12-13H2,1-3H3. The van der Waals surface area contributed by atoms with Gasteiger partial charge in [0.25, 0.3) is 11.5 Å². The number of H-pyrrole nitrogens is 1. The Morgan fingerprint density at radius 1 is 1.14 bits per heavy atom. The summed E-state index contributed by atoms with van der Waals surface area (Å²) in [4.78, 5) is 32.6. The van der Waals surface area contributed by atoms with Crippen molar-refractivity contribution in [2.24, 2.45) is 7.05 Å². The number of anilines is 1. The topological polar surface area (TPSA) is 61.3 Å². The van der Waals surface area contributed by atoms with Crippen molar-refractivity contribution in [2.45, 2.75) is 25.8 Å². The van der Waals surface area contributed by atoms with E-state index in [1.165, 1.54) is 15.8 Å². The highest BCUT2D eigenvalue weighted by molar-refractivity contribution is 6.05. The maximum Gasteiger partial charge on any atom is 0.274 e. The summed E-state index contributed by atoms with van der Waals surface area (Å²) in [6.45, 7) is 3.95. The van der Waals surface area contributed by atoms with Gasteiger partial charge in [-0.05, 0) is 38.0 Å². The van der Waals surface area contributed by atoms with Crippen molar-refractivity contribution in [1.82, 2.24) is 14.5 Å². The third-order valence-corrected chi connectivity index (χ3v) is 5.86. The number of piperidine rings is 1. The predicted octanol–water partition coefficient (Wildman–Crippen LogP) is 2.92. The molecule has 1 saturated heterocycles. The van der Waals surface area contributed by atoms with Gasteiger partial charge in [-0.3, -0.25) is 9.59 Å². The summed E-state index contributed by atoms with van der Waals surface area (Å²) >= 11 is 0. The van der Waals surface area contributed by atoms with Crippen molar-refractivity contribution in [3.8, 4) is 0 Å². The number of carbonyl (C=O) groups excluding carboxylic acids is 1. The fourth-order valence-corrected chi connectivity index (χ4v) is 4.06. The molecule has 0 bridgehead atoms. The highest BCUT2D eigenvalue weighted by Crippen LogP contribution is 2.24. The molecule has 0 spiro atoms. The van der Waals surface area contributed by atoms with Crippen LogP contribution in [-0.4, -0.2) is 46.5 Å². The maximum absolute atomic E-state index is 13.2. The highest BCUT2D eigenvalue weighted by Gasteiger charge is 2.27. The third-order valence-electron chi connectivity index (χ3n) is 5.86. The zero-order valence-electron chi connectivity index (χ0n) is 16.6. The van der Waals surface area contributed by atoms with Gasteiger partial charge in [0.15, 0.2) is 0 Å². The summed E-state index contributed by atoms with van der Waals surface area (Å²) in [7, 11) is 3.55. The normalized spacial score (nSPS) is 15.2. The lowest BCUT2D eigenvalue weighted by Gasteiger charge is -2.38. The molecule has 1 aliphatic heterocycles. The lowest BCUT2D eigenvalue weighted by molar-refractivity contribution is 0.0710. The molecule has 28 heavy (non-hydrogen) atoms. The smallest absolute Gasteiger partial charge is 0.274 e. The number of nitrogens with zero attached hydrogens (tertiary/aromatic N) is 3. The zero-order valence-corrected chi connectivity index (χ0v) is 16.6. The van der Waals surface area contributed by atoms with Crippen LogP contribution in [0.3, 0.4) is 0 Å². The first-order valence-corrected chi connectivity index (χ1v) is 9.71. The molecule has 1 amide bonds. The fourth-order valence-electron chi connectivity index (χ4n) is 4.06. The molecule has 4 rings (SSSR count). The molecular formula is C22H26N4O2. The maximum atomic E-state index is 13.2. The number of carbonyl (C=O) groups is 1. The van der Waals surface area contributed by atoms with E-state index in [4.69, 9.17) is 0 Å². The van der Waals surface area contributed by atoms with Crippen molar-refractivity contribution in [1.29, 1.82) is 0 Å². The van der Waals surface area contributed by atoms with Crippen LogP contribution < -0.4 is 10.5 Å². The quantitative estimate of drug-likeness (QED) is 0.762. The number of aromatic amines is 1. The monoisotopic (exact) mass is 378 g/mol. The molecule has 2 aromatic heterocycles. The summed E-state index contributed by atoms with van der Waals surface area (Å²) in [5.41, 5.74) is 3.44. The van der Waals surface area contributed by atoms with E-state index in [0.717, 1.165) is 25.9 Å². The predicted molar refractivity (Wildman–Crippen MR) is 112 cm³/mol. The Morgan fingerprint density at radius 2 is 1.82 bits per heavy atom. The summed E-state index contributed by atoms with van der Waals surface area (Å²) < 4.78 is 1.47. The first-order valence-electron chi connectivity index (χ1n) is 9.71. The van der Waals surface area contributed by atoms with Crippen molar-refractivity contribution < 1.29 is 4.79 Å². The Morgan fingerprint density at radius 3 is 2.50 bits per heavy atom. The van der Waals surface area contributed by atoms with Gasteiger partial charge in [-0.2, -0.15) is 0 Å². The Bertz CT molecular complexity index is 1060. The second-order valence-electron chi connectivity index (χ2n) is 7.70. The largest absolute Gasteiger partial charge is 0.371 e. The minimum Gasteiger partial charge on any atom is -0.371 e. The molecule has 3 aromatic rings. The minimum atomic E-state index is -0.120. The summed E-state index contributed by atoms with van der Waals surface area (Å²) in [5, 5.41) is 0.692. The number of rotatable bonds is 3. The third kappa shape index (κ3) is 3.19. The number of aryl methyl sites for hydroxylation is 2. The van der Waals surface area contributed by atoms with Crippen molar-refractivity contribution in [3.63, 3.8) is 0 Å². The first-order chi connectivity index (χ1) is 13.5. The molecule has 0 atom stereocenters. The number of benzene rings is 1. The number of hydrogen-bond donors (Lipinski definition) is 1. The van der Waals surface area contributed by atoms with E-state index in [-0.39, 0.29) is 17.5 Å². The summed E-state index contributed by atoms with van der Waals surface area (Å²) in [6.07, 6.45) is 5.22. The first kappa shape index (κ1) is 18.3. The van der Waals surface area contributed by atoms with Crippen LogP contribution in [0.4, 0.5) is 5.69 Å². The van der Waals surface area contributed by atoms with Crippen LogP contribution in [0.2, 0.25) is 0 Å². The number of amides is 1. The molecule has 1 aliphatic rings. The van der Waals surface area contributed by atoms with Crippen molar-refractivity contribution >= 4 is 22.5 Å². The SMILES string of the molecule is Cc1ccc(N2CCC(N(C)C(=O)c3cn(C)c(=O)c4[nH]ccc34)CC2)cc1. The van der Waals surface area contributed by atoms with Crippen LogP contribution in [0.15, 0.2) is 47.5 Å². The molecule has 6 nitrogen and oxygen atoms in total. The lowest BCUT2D eigenvalue weighted by Crippen LogP contribution is -2.45. The molecule has 1 aromatic carbocycles. The van der Waals surface area contributed by atoms with E-state index >= 15 is 0 Å². The number of fused-ring (bicyclic) bond motifs is 1. The number of nitrogens with one attached hydrogen (secondary N) is 1. The molecule has 1 fully saturated rings. The van der Waals surface area contributed by atoms with Gasteiger partial charge in [-0.1, -0.05) is 17.7 Å². The Labute approximate surface area is 164 Å². The van der Waals surface area contributed by atoms with Gasteiger partial charge in [0, 0.05) is 56.7 Å². The molecule has 0 aliphatic carbocycles. The molecule has 0 saturated carbocycles. The van der Waals surface area contributed by atoms with Crippen LogP contribution >= 0.6 is 0 Å². The van der Waals surface area contributed by atoms with Gasteiger partial charge in [-0.25, -0.2) is 0 Å². The molecule has 0 unspecified atom stereocenters. The molecule has 0 radical (unpaired) electrons. The van der Waals surface area contributed by atoms with E-state index in [0.29, 0.717) is 16.5 Å². The number of aromatic nitrogens is 2. The van der Waals surface area contributed by atoms with Crippen molar-refractivity contribution in [2.75, 3.05) is 25.0 Å². The van der Waals surface area contributed by atoms with Gasteiger partial charge in [0.1, 0.15) is 5.52 Å². The lowest BCUT2D eigenvalue weighted by atomic mass is 10.0. The van der Waals surface area contributed by atoms with Crippen LogP contribution in [0.5, 0.6) is 0 Å². The van der Waals surface area contributed by atoms with Crippen LogP contribution in [0, 0.1) is 6.92 Å². The Balaban J connectivity index is 1.50. The number of hydrogen-bond acceptors (Lipinski definition) is 3. The second kappa shape index (κ2) is 7.19.